The van der Waals surface area contributed by atoms with E-state index in [1.807, 2.05) is 0 Å². The van der Waals surface area contributed by atoms with Crippen molar-refractivity contribution >= 4 is 5.91 Å². The van der Waals surface area contributed by atoms with Crippen LogP contribution in [0, 0.1) is 12.3 Å². The molecule has 3 nitrogen and oxygen atoms in total. The lowest BCUT2D eigenvalue weighted by molar-refractivity contribution is -0.123. The lowest BCUT2D eigenvalue weighted by Crippen LogP contribution is -2.47. The predicted molar refractivity (Wildman–Crippen MR) is 47.2 cm³/mol. The van der Waals surface area contributed by atoms with Gasteiger partial charge in [0.1, 0.15) is 0 Å². The van der Waals surface area contributed by atoms with Crippen LogP contribution in [0.5, 0.6) is 0 Å². The largest absolute Gasteiger partial charge is 0.352 e. The van der Waals surface area contributed by atoms with Gasteiger partial charge in [0.25, 0.3) is 0 Å². The normalized spacial score (nSPS) is 19.0. The van der Waals surface area contributed by atoms with Crippen molar-refractivity contribution in [1.82, 2.24) is 5.32 Å². The summed E-state index contributed by atoms with van der Waals surface area (Å²) < 4.78 is 0. The second kappa shape index (κ2) is 4.13. The van der Waals surface area contributed by atoms with Crippen LogP contribution in [0.15, 0.2) is 0 Å². The number of terminal acetylenes is 1. The molecule has 0 spiro atoms. The molecule has 1 aliphatic rings. The summed E-state index contributed by atoms with van der Waals surface area (Å²) in [6.45, 7) is 0. The van der Waals surface area contributed by atoms with E-state index in [9.17, 15) is 4.79 Å². The highest BCUT2D eigenvalue weighted by Gasteiger charge is 2.21. The molecule has 1 aliphatic carbocycles. The number of hydrogen-bond donors (Lipinski definition) is 2. The average molecular weight is 166 g/mol. The number of amides is 1. The van der Waals surface area contributed by atoms with Crippen molar-refractivity contribution in [2.45, 2.75) is 37.8 Å². The Bertz CT molecular complexity index is 203. The Morgan fingerprint density at radius 3 is 2.83 bits per heavy atom. The molecular weight excluding hydrogens is 152 g/mol. The number of nitrogens with one attached hydrogen (secondary N) is 1. The van der Waals surface area contributed by atoms with Gasteiger partial charge in [-0.05, 0) is 19.3 Å². The lowest BCUT2D eigenvalue weighted by Gasteiger charge is -2.27. The maximum absolute atomic E-state index is 11.2. The number of nitrogens with two attached hydrogens (primary N) is 1. The van der Waals surface area contributed by atoms with Crippen molar-refractivity contribution in [2.75, 3.05) is 0 Å². The standard InChI is InChI=1S/C9H14N2O/c1-2-4-8(10)9(12)11-7-5-3-6-7/h1,7-8H,3-6,10H2,(H,11,12). The van der Waals surface area contributed by atoms with Crippen molar-refractivity contribution in [3.05, 3.63) is 0 Å². The van der Waals surface area contributed by atoms with Gasteiger partial charge in [-0.1, -0.05) is 0 Å². The summed E-state index contributed by atoms with van der Waals surface area (Å²) in [6.07, 6.45) is 8.71. The van der Waals surface area contributed by atoms with Crippen molar-refractivity contribution < 1.29 is 4.79 Å². The van der Waals surface area contributed by atoms with Gasteiger partial charge in [-0.2, -0.15) is 0 Å². The molecule has 12 heavy (non-hydrogen) atoms. The molecule has 3 heteroatoms. The summed E-state index contributed by atoms with van der Waals surface area (Å²) in [5.74, 6) is 2.26. The molecular formula is C9H14N2O. The predicted octanol–water partition coefficient (Wildman–Crippen LogP) is 0.00570. The van der Waals surface area contributed by atoms with Crippen LogP contribution in [0.3, 0.4) is 0 Å². The van der Waals surface area contributed by atoms with Gasteiger partial charge in [0.15, 0.2) is 0 Å². The molecule has 1 fully saturated rings. The molecule has 0 aromatic rings. The minimum Gasteiger partial charge on any atom is -0.352 e. The summed E-state index contributed by atoms with van der Waals surface area (Å²) in [5.41, 5.74) is 5.50. The zero-order chi connectivity index (χ0) is 8.97. The monoisotopic (exact) mass is 166 g/mol. The van der Waals surface area contributed by atoms with Gasteiger partial charge >= 0.3 is 0 Å². The topological polar surface area (TPSA) is 55.1 Å². The fourth-order valence-electron chi connectivity index (χ4n) is 1.08. The smallest absolute Gasteiger partial charge is 0.238 e. The second-order valence-corrected chi connectivity index (χ2v) is 3.15. The van der Waals surface area contributed by atoms with Gasteiger partial charge in [0.05, 0.1) is 6.04 Å². The molecule has 1 rings (SSSR count). The van der Waals surface area contributed by atoms with E-state index in [4.69, 9.17) is 12.2 Å². The van der Waals surface area contributed by atoms with Crippen molar-refractivity contribution in [3.8, 4) is 12.3 Å². The Labute approximate surface area is 72.7 Å². The Kier molecular flexibility index (Phi) is 3.12. The minimum absolute atomic E-state index is 0.113. The van der Waals surface area contributed by atoms with Crippen LogP contribution in [0.4, 0.5) is 0 Å². The lowest BCUT2D eigenvalue weighted by atomic mass is 9.93. The number of hydrogen-bond acceptors (Lipinski definition) is 2. The van der Waals surface area contributed by atoms with Crippen LogP contribution in [-0.2, 0) is 4.79 Å². The second-order valence-electron chi connectivity index (χ2n) is 3.15. The van der Waals surface area contributed by atoms with Crippen molar-refractivity contribution in [2.24, 2.45) is 5.73 Å². The third kappa shape index (κ3) is 2.24. The zero-order valence-corrected chi connectivity index (χ0v) is 7.05. The fourth-order valence-corrected chi connectivity index (χ4v) is 1.08. The Balaban J connectivity index is 2.22. The van der Waals surface area contributed by atoms with Gasteiger partial charge in [-0.25, -0.2) is 0 Å². The first kappa shape index (κ1) is 9.08. The maximum Gasteiger partial charge on any atom is 0.238 e. The van der Waals surface area contributed by atoms with Gasteiger partial charge < -0.3 is 11.1 Å². The molecule has 1 atom stereocenters. The van der Waals surface area contributed by atoms with Crippen LogP contribution in [-0.4, -0.2) is 18.0 Å². The van der Waals surface area contributed by atoms with Crippen LogP contribution in [0.1, 0.15) is 25.7 Å². The fraction of sp³-hybridized carbons (Fsp3) is 0.667. The van der Waals surface area contributed by atoms with E-state index in [0.29, 0.717) is 12.5 Å². The first-order chi connectivity index (χ1) is 5.74. The number of carbonyl (C=O) groups excluding carboxylic acids is 1. The third-order valence-corrected chi connectivity index (χ3v) is 2.13. The Hall–Kier alpha value is -1.01. The van der Waals surface area contributed by atoms with Gasteiger partial charge in [-0.15, -0.1) is 12.3 Å². The molecule has 0 bridgehead atoms. The molecule has 0 aliphatic heterocycles. The summed E-state index contributed by atoms with van der Waals surface area (Å²) >= 11 is 0. The van der Waals surface area contributed by atoms with E-state index in [-0.39, 0.29) is 5.91 Å². The van der Waals surface area contributed by atoms with Crippen molar-refractivity contribution in [1.29, 1.82) is 0 Å². The molecule has 66 valence electrons. The molecule has 0 aromatic heterocycles. The van der Waals surface area contributed by atoms with Gasteiger partial charge in [0, 0.05) is 12.5 Å². The van der Waals surface area contributed by atoms with Gasteiger partial charge in [0.2, 0.25) is 5.91 Å². The van der Waals surface area contributed by atoms with E-state index >= 15 is 0 Å². The van der Waals surface area contributed by atoms with E-state index in [1.165, 1.54) is 6.42 Å². The zero-order valence-electron chi connectivity index (χ0n) is 7.05. The first-order valence-corrected chi connectivity index (χ1v) is 4.23. The Morgan fingerprint density at radius 1 is 1.75 bits per heavy atom. The third-order valence-electron chi connectivity index (χ3n) is 2.13. The highest BCUT2D eigenvalue weighted by atomic mass is 16.2. The minimum atomic E-state index is -0.532. The molecule has 3 N–H and O–H groups in total. The van der Waals surface area contributed by atoms with E-state index in [0.717, 1.165) is 12.8 Å². The summed E-state index contributed by atoms with van der Waals surface area (Å²) in [7, 11) is 0. The number of rotatable bonds is 3. The average Bonchev–Trinajstić information content (AvgIpc) is 1.97. The van der Waals surface area contributed by atoms with Crippen LogP contribution >= 0.6 is 0 Å². The summed E-state index contributed by atoms with van der Waals surface area (Å²) in [4.78, 5) is 11.2. The molecule has 0 heterocycles. The first-order valence-electron chi connectivity index (χ1n) is 4.23. The Morgan fingerprint density at radius 2 is 2.42 bits per heavy atom. The highest BCUT2D eigenvalue weighted by Crippen LogP contribution is 2.17. The summed E-state index contributed by atoms with van der Waals surface area (Å²) in [5, 5.41) is 2.84. The van der Waals surface area contributed by atoms with E-state index in [1.54, 1.807) is 0 Å². The van der Waals surface area contributed by atoms with Crippen molar-refractivity contribution in [3.63, 3.8) is 0 Å². The number of carbonyl (C=O) groups is 1. The van der Waals surface area contributed by atoms with Gasteiger partial charge in [-0.3, -0.25) is 4.79 Å². The molecule has 0 aromatic carbocycles. The quantitative estimate of drug-likeness (QED) is 0.580. The molecule has 0 radical (unpaired) electrons. The van der Waals surface area contributed by atoms with E-state index < -0.39 is 6.04 Å². The van der Waals surface area contributed by atoms with E-state index in [2.05, 4.69) is 11.2 Å². The summed E-state index contributed by atoms with van der Waals surface area (Å²) in [6, 6.07) is -0.183. The molecule has 1 unspecified atom stereocenters. The molecule has 1 amide bonds. The highest BCUT2D eigenvalue weighted by molar-refractivity contribution is 5.82. The van der Waals surface area contributed by atoms with Crippen LogP contribution in [0.25, 0.3) is 0 Å². The SMILES string of the molecule is C#CCC(N)C(=O)NC1CCC1. The maximum atomic E-state index is 11.2. The van der Waals surface area contributed by atoms with Crippen LogP contribution < -0.4 is 11.1 Å². The van der Waals surface area contributed by atoms with Crippen LogP contribution in [0.2, 0.25) is 0 Å². The molecule has 1 saturated carbocycles. The molecule has 0 saturated heterocycles.